The number of carbonyl (C=O) groups excluding carboxylic acids is 4. The first-order valence-electron chi connectivity index (χ1n) is 17.5. The molecule has 1 spiro atoms. The zero-order chi connectivity index (χ0) is 36.9. The number of aliphatic hydroxyl groups is 1. The third-order valence-electron chi connectivity index (χ3n) is 10.3. The number of fused-ring (bicyclic) bond motifs is 1. The average Bonchev–Trinajstić information content (AvgIpc) is 3.76. The Morgan fingerprint density at radius 2 is 1.84 bits per heavy atom. The topological polar surface area (TPSA) is 135 Å². The van der Waals surface area contributed by atoms with E-state index >= 15 is 0 Å². The van der Waals surface area contributed by atoms with Crippen molar-refractivity contribution < 1.29 is 38.5 Å². The number of amides is 3. The number of halogens is 1. The zero-order valence-electron chi connectivity index (χ0n) is 29.4. The molecule has 0 unspecified atom stereocenters. The number of allylic oxidation sites excluding steroid dienone is 1. The van der Waals surface area contributed by atoms with Gasteiger partial charge in [0.05, 0.1) is 53.9 Å². The van der Waals surface area contributed by atoms with Gasteiger partial charge in [-0.2, -0.15) is 0 Å². The summed E-state index contributed by atoms with van der Waals surface area (Å²) in [6, 6.07) is 13.3. The number of rotatable bonds is 17. The van der Waals surface area contributed by atoms with E-state index in [0.717, 1.165) is 0 Å². The minimum Gasteiger partial charge on any atom is -0.455 e. The molecular formula is C39H48ClN3O8. The molecule has 3 fully saturated rings. The van der Waals surface area contributed by atoms with Gasteiger partial charge < -0.3 is 34.4 Å². The van der Waals surface area contributed by atoms with Crippen molar-refractivity contribution in [3.63, 3.8) is 0 Å². The number of nitrogens with one attached hydrogen (secondary N) is 1. The largest absolute Gasteiger partial charge is 0.455 e. The number of benzene rings is 2. The highest BCUT2D eigenvalue weighted by Gasteiger charge is 2.76. The second kappa shape index (κ2) is 16.5. The molecule has 0 aromatic heterocycles. The summed E-state index contributed by atoms with van der Waals surface area (Å²) >= 11 is 6.59. The van der Waals surface area contributed by atoms with Gasteiger partial charge in [-0.1, -0.05) is 80.1 Å². The lowest BCUT2D eigenvalue weighted by molar-refractivity contribution is -0.163. The van der Waals surface area contributed by atoms with Crippen LogP contribution in [0.3, 0.4) is 0 Å². The van der Waals surface area contributed by atoms with Crippen LogP contribution < -0.4 is 10.2 Å². The Morgan fingerprint density at radius 1 is 1.14 bits per heavy atom. The summed E-state index contributed by atoms with van der Waals surface area (Å²) in [7, 11) is 1.49. The predicted octanol–water partition coefficient (Wildman–Crippen LogP) is 4.63. The van der Waals surface area contributed by atoms with Crippen LogP contribution in [0, 0.1) is 17.8 Å². The molecule has 3 heterocycles. The number of nitrogens with zero attached hydrogens (tertiary/aromatic N) is 2. The lowest BCUT2D eigenvalue weighted by Crippen LogP contribution is -2.59. The molecule has 51 heavy (non-hydrogen) atoms. The Balaban J connectivity index is 1.54. The van der Waals surface area contributed by atoms with E-state index in [0.29, 0.717) is 35.5 Å². The molecule has 0 saturated carbocycles. The molecular weight excluding hydrogens is 674 g/mol. The first kappa shape index (κ1) is 38.2. The van der Waals surface area contributed by atoms with E-state index in [2.05, 4.69) is 18.5 Å². The summed E-state index contributed by atoms with van der Waals surface area (Å²) in [6.07, 6.45) is 2.99. The highest BCUT2D eigenvalue weighted by molar-refractivity contribution is 6.34. The smallest absolute Gasteiger partial charge is 0.313 e. The number of para-hydroxylation sites is 1. The quantitative estimate of drug-likeness (QED) is 0.179. The summed E-state index contributed by atoms with van der Waals surface area (Å²) in [4.78, 5) is 59.9. The van der Waals surface area contributed by atoms with Gasteiger partial charge in [-0.3, -0.25) is 19.2 Å². The first-order chi connectivity index (χ1) is 24.5. The van der Waals surface area contributed by atoms with Crippen LogP contribution in [0.4, 0.5) is 5.69 Å². The monoisotopic (exact) mass is 721 g/mol. The molecule has 2 N–H and O–H groups in total. The number of aliphatic hydroxyl groups excluding tert-OH is 1. The van der Waals surface area contributed by atoms with Crippen molar-refractivity contribution in [1.82, 2.24) is 10.2 Å². The van der Waals surface area contributed by atoms with Crippen LogP contribution in [0.15, 0.2) is 79.9 Å². The number of ether oxygens (including phenoxy) is 3. The van der Waals surface area contributed by atoms with E-state index in [1.165, 1.54) is 16.9 Å². The van der Waals surface area contributed by atoms with Crippen LogP contribution in [0.5, 0.6) is 0 Å². The summed E-state index contributed by atoms with van der Waals surface area (Å²) in [5.41, 5.74) is -0.295. The second-order valence-corrected chi connectivity index (χ2v) is 14.1. The van der Waals surface area contributed by atoms with Gasteiger partial charge in [0.15, 0.2) is 0 Å². The molecule has 3 saturated heterocycles. The molecule has 0 aliphatic carbocycles. The number of hydrogen-bond donors (Lipinski definition) is 2. The Hall–Kier alpha value is -4.03. The Labute approximate surface area is 304 Å². The fraction of sp³-hybridized carbons (Fsp3) is 0.487. The Morgan fingerprint density at radius 3 is 2.47 bits per heavy atom. The van der Waals surface area contributed by atoms with Crippen molar-refractivity contribution in [2.45, 2.75) is 75.5 Å². The van der Waals surface area contributed by atoms with Crippen LogP contribution in [0.25, 0.3) is 0 Å². The van der Waals surface area contributed by atoms with E-state index in [1.54, 1.807) is 60.7 Å². The maximum atomic E-state index is 14.9. The van der Waals surface area contributed by atoms with Crippen molar-refractivity contribution in [2.24, 2.45) is 17.8 Å². The standard InChI is InChI=1S/C39H48ClN3O8/c1-6-8-18-31(45)41-27(23-49-5)34(25-14-10-9-11-15-25)50-38(48)32-30-19-20-39(51-30)33(32)36(46)43(29(22-44)24(3)4)35(39)37(47)42(21-7-2)28-17-13-12-16-26(28)40/h6-7,9-17,24,27,29-30,32-35,44H,1-2,8,18-23H2,3-5H3,(H,41,45)/t27-,29-,30+,32-,33-,34-,35+,39-/m0/s1. The van der Waals surface area contributed by atoms with Gasteiger partial charge in [0.2, 0.25) is 11.8 Å². The molecule has 274 valence electrons. The molecule has 5 rings (SSSR count). The van der Waals surface area contributed by atoms with E-state index in [9.17, 15) is 24.3 Å². The molecule has 12 heteroatoms. The SMILES string of the molecule is C=CCCC(=O)N[C@@H](COC)[C@@H](OC(=O)[C@@H]1[C@H]2C(=O)N([C@@H](CO)C(C)C)[C@H](C(=O)N(CC=C)c3ccccc3Cl)[C@]23CC[C@H]1O3)c1ccccc1. The average molecular weight is 722 g/mol. The van der Waals surface area contributed by atoms with Crippen molar-refractivity contribution >= 4 is 41.0 Å². The van der Waals surface area contributed by atoms with Gasteiger partial charge in [0.1, 0.15) is 17.7 Å². The maximum absolute atomic E-state index is 14.9. The minimum atomic E-state index is -1.36. The lowest BCUT2D eigenvalue weighted by Gasteiger charge is -2.40. The number of methoxy groups -OCH3 is 1. The van der Waals surface area contributed by atoms with Crippen molar-refractivity contribution in [1.29, 1.82) is 0 Å². The van der Waals surface area contributed by atoms with Crippen LogP contribution in [-0.4, -0.2) is 90.4 Å². The third-order valence-corrected chi connectivity index (χ3v) is 10.6. The summed E-state index contributed by atoms with van der Waals surface area (Å²) in [5, 5.41) is 13.9. The molecule has 3 aliphatic rings. The highest BCUT2D eigenvalue weighted by atomic mass is 35.5. The van der Waals surface area contributed by atoms with Gasteiger partial charge in [0, 0.05) is 20.1 Å². The second-order valence-electron chi connectivity index (χ2n) is 13.7. The Kier molecular flexibility index (Phi) is 12.4. The van der Waals surface area contributed by atoms with Gasteiger partial charge in [-0.15, -0.1) is 13.2 Å². The Bertz CT molecular complexity index is 1600. The van der Waals surface area contributed by atoms with Gasteiger partial charge in [-0.05, 0) is 42.9 Å². The lowest BCUT2D eigenvalue weighted by atomic mass is 9.70. The minimum absolute atomic E-state index is 0.0433. The molecule has 8 atom stereocenters. The first-order valence-corrected chi connectivity index (χ1v) is 17.8. The summed E-state index contributed by atoms with van der Waals surface area (Å²) in [5.74, 6) is -4.17. The van der Waals surface area contributed by atoms with Crippen LogP contribution in [-0.2, 0) is 33.4 Å². The van der Waals surface area contributed by atoms with E-state index in [4.69, 9.17) is 25.8 Å². The molecule has 2 bridgehead atoms. The van der Waals surface area contributed by atoms with Crippen molar-refractivity contribution in [2.75, 3.05) is 31.8 Å². The number of likely N-dealkylation sites (tertiary alicyclic amines) is 1. The molecule has 3 amide bonds. The van der Waals surface area contributed by atoms with Gasteiger partial charge in [-0.25, -0.2) is 0 Å². The molecule has 3 aliphatic heterocycles. The zero-order valence-corrected chi connectivity index (χ0v) is 30.2. The highest BCUT2D eigenvalue weighted by Crippen LogP contribution is 2.59. The number of anilines is 1. The predicted molar refractivity (Wildman–Crippen MR) is 193 cm³/mol. The van der Waals surface area contributed by atoms with Crippen molar-refractivity contribution in [3.05, 3.63) is 90.5 Å². The maximum Gasteiger partial charge on any atom is 0.313 e. The fourth-order valence-corrected chi connectivity index (χ4v) is 8.23. The van der Waals surface area contributed by atoms with E-state index < -0.39 is 72.2 Å². The normalized spacial score (nSPS) is 25.2. The summed E-state index contributed by atoms with van der Waals surface area (Å²) in [6.45, 7) is 11.0. The van der Waals surface area contributed by atoms with Gasteiger partial charge in [0.25, 0.3) is 5.91 Å². The molecule has 2 aromatic rings. The van der Waals surface area contributed by atoms with Crippen molar-refractivity contribution in [3.8, 4) is 0 Å². The molecule has 2 aromatic carbocycles. The van der Waals surface area contributed by atoms with E-state index in [1.807, 2.05) is 19.9 Å². The third kappa shape index (κ3) is 7.35. The van der Waals surface area contributed by atoms with Crippen LogP contribution in [0.1, 0.15) is 51.2 Å². The molecule has 0 radical (unpaired) electrons. The summed E-state index contributed by atoms with van der Waals surface area (Å²) < 4.78 is 18.4. The fourth-order valence-electron chi connectivity index (χ4n) is 8.00. The van der Waals surface area contributed by atoms with Gasteiger partial charge >= 0.3 is 5.97 Å². The number of carbonyl (C=O) groups is 4. The van der Waals surface area contributed by atoms with Crippen LogP contribution in [0.2, 0.25) is 5.02 Å². The van der Waals surface area contributed by atoms with E-state index in [-0.39, 0.29) is 31.4 Å². The molecule has 11 nitrogen and oxygen atoms in total. The number of hydrogen-bond acceptors (Lipinski definition) is 8. The number of esters is 1. The van der Waals surface area contributed by atoms with Crippen LogP contribution >= 0.6 is 11.6 Å².